The predicted octanol–water partition coefficient (Wildman–Crippen LogP) is 5.10. The van der Waals surface area contributed by atoms with Gasteiger partial charge in [0.05, 0.1) is 23.6 Å². The first-order chi connectivity index (χ1) is 15.1. The molecule has 0 spiro atoms. The normalized spacial score (nSPS) is 15.4. The minimum atomic E-state index is -0.683. The molecule has 1 aliphatic heterocycles. The summed E-state index contributed by atoms with van der Waals surface area (Å²) >= 11 is 3.41. The molecule has 2 aromatic carbocycles. The molecule has 0 radical (unpaired) electrons. The largest absolute Gasteiger partial charge is 0.494 e. The van der Waals surface area contributed by atoms with Gasteiger partial charge >= 0.3 is 0 Å². The lowest BCUT2D eigenvalue weighted by atomic mass is 9.98. The van der Waals surface area contributed by atoms with Crippen LogP contribution in [-0.2, 0) is 0 Å². The third kappa shape index (κ3) is 3.21. The number of amides is 1. The van der Waals surface area contributed by atoms with Crippen molar-refractivity contribution in [3.8, 4) is 5.75 Å². The van der Waals surface area contributed by atoms with Gasteiger partial charge in [0.15, 0.2) is 5.43 Å². The summed E-state index contributed by atoms with van der Waals surface area (Å²) in [5.74, 6) is 0.741. The summed E-state index contributed by atoms with van der Waals surface area (Å²) in [5.41, 5.74) is 1.17. The third-order valence-electron chi connectivity index (χ3n) is 5.21. The van der Waals surface area contributed by atoms with Crippen molar-refractivity contribution in [3.05, 3.63) is 98.4 Å². The number of hydrogen-bond donors (Lipinski definition) is 0. The van der Waals surface area contributed by atoms with E-state index in [-0.39, 0.29) is 11.2 Å². The number of anilines is 1. The van der Waals surface area contributed by atoms with Crippen molar-refractivity contribution >= 4 is 38.6 Å². The minimum Gasteiger partial charge on any atom is -0.494 e. The zero-order chi connectivity index (χ0) is 21.5. The second-order valence-corrected chi connectivity index (χ2v) is 8.00. The standard InChI is InChI=1S/C24H17BrN2O4/c1-2-30-16-7-5-6-14(12-16)21-20-22(28)17-13-15(25)9-10-18(17)31-23(20)24(29)27(21)19-8-3-4-11-26-19/h3-13,21H,2H2,1H3. The van der Waals surface area contributed by atoms with E-state index < -0.39 is 11.9 Å². The van der Waals surface area contributed by atoms with E-state index >= 15 is 0 Å². The van der Waals surface area contributed by atoms with Crippen LogP contribution < -0.4 is 15.1 Å². The summed E-state index contributed by atoms with van der Waals surface area (Å²) in [5, 5.41) is 0.412. The molecule has 7 heteroatoms. The second-order valence-electron chi connectivity index (χ2n) is 7.09. The highest BCUT2D eigenvalue weighted by Crippen LogP contribution is 2.41. The Morgan fingerprint density at radius 3 is 2.74 bits per heavy atom. The number of benzene rings is 2. The van der Waals surface area contributed by atoms with Gasteiger partial charge in [-0.25, -0.2) is 4.98 Å². The number of nitrogens with zero attached hydrogens (tertiary/aromatic N) is 2. The minimum absolute atomic E-state index is 0.0392. The quantitative estimate of drug-likeness (QED) is 0.409. The maximum Gasteiger partial charge on any atom is 0.296 e. The van der Waals surface area contributed by atoms with Gasteiger partial charge in [-0.1, -0.05) is 34.1 Å². The molecular weight excluding hydrogens is 460 g/mol. The van der Waals surface area contributed by atoms with E-state index in [2.05, 4.69) is 20.9 Å². The monoisotopic (exact) mass is 476 g/mol. The van der Waals surface area contributed by atoms with Crippen molar-refractivity contribution in [2.24, 2.45) is 0 Å². The Morgan fingerprint density at radius 1 is 1.10 bits per heavy atom. The fraction of sp³-hybridized carbons (Fsp3) is 0.125. The fourth-order valence-corrected chi connectivity index (χ4v) is 4.30. The zero-order valence-corrected chi connectivity index (χ0v) is 18.1. The predicted molar refractivity (Wildman–Crippen MR) is 121 cm³/mol. The van der Waals surface area contributed by atoms with Gasteiger partial charge in [0.25, 0.3) is 5.91 Å². The smallest absolute Gasteiger partial charge is 0.296 e. The molecule has 154 valence electrons. The van der Waals surface area contributed by atoms with E-state index in [1.54, 1.807) is 42.6 Å². The first-order valence-corrected chi connectivity index (χ1v) is 10.6. The molecule has 1 amide bonds. The summed E-state index contributed by atoms with van der Waals surface area (Å²) < 4.78 is 12.4. The van der Waals surface area contributed by atoms with Gasteiger partial charge in [0.1, 0.15) is 17.2 Å². The van der Waals surface area contributed by atoms with Gasteiger partial charge in [-0.15, -0.1) is 0 Å². The Bertz CT molecular complexity index is 1370. The fourth-order valence-electron chi connectivity index (χ4n) is 3.93. The summed E-state index contributed by atoms with van der Waals surface area (Å²) in [6.45, 7) is 2.41. The number of ether oxygens (including phenoxy) is 1. The van der Waals surface area contributed by atoms with Crippen molar-refractivity contribution in [2.45, 2.75) is 13.0 Å². The van der Waals surface area contributed by atoms with Crippen LogP contribution in [0.2, 0.25) is 0 Å². The number of fused-ring (bicyclic) bond motifs is 2. The highest BCUT2D eigenvalue weighted by molar-refractivity contribution is 9.10. The first-order valence-electron chi connectivity index (χ1n) is 9.82. The van der Waals surface area contributed by atoms with E-state index in [9.17, 15) is 9.59 Å². The molecule has 1 atom stereocenters. The Labute approximate surface area is 186 Å². The summed E-state index contributed by atoms with van der Waals surface area (Å²) in [6, 6.07) is 17.2. The van der Waals surface area contributed by atoms with Crippen LogP contribution in [0.25, 0.3) is 11.0 Å². The van der Waals surface area contributed by atoms with Gasteiger partial charge in [0.2, 0.25) is 5.76 Å². The van der Waals surface area contributed by atoms with Gasteiger partial charge in [0, 0.05) is 10.7 Å². The van der Waals surface area contributed by atoms with E-state index in [1.807, 2.05) is 31.2 Å². The molecule has 5 rings (SSSR count). The molecule has 0 fully saturated rings. The summed E-state index contributed by atoms with van der Waals surface area (Å²) in [4.78, 5) is 32.9. The summed E-state index contributed by atoms with van der Waals surface area (Å²) in [7, 11) is 0. The van der Waals surface area contributed by atoms with E-state index in [0.29, 0.717) is 34.7 Å². The third-order valence-corrected chi connectivity index (χ3v) is 5.71. The number of carbonyl (C=O) groups is 1. The molecule has 0 aliphatic carbocycles. The molecule has 1 aliphatic rings. The van der Waals surface area contributed by atoms with E-state index in [4.69, 9.17) is 9.15 Å². The number of pyridine rings is 1. The van der Waals surface area contributed by atoms with Gasteiger partial charge in [-0.3, -0.25) is 14.5 Å². The van der Waals surface area contributed by atoms with Crippen LogP contribution in [0, 0.1) is 0 Å². The lowest BCUT2D eigenvalue weighted by molar-refractivity contribution is 0.0970. The number of carbonyl (C=O) groups excluding carboxylic acids is 1. The van der Waals surface area contributed by atoms with Crippen molar-refractivity contribution in [3.63, 3.8) is 0 Å². The second kappa shape index (κ2) is 7.67. The van der Waals surface area contributed by atoms with Crippen LogP contribution in [0.15, 0.2) is 80.5 Å². The van der Waals surface area contributed by atoms with Gasteiger partial charge in [-0.05, 0) is 55.0 Å². The molecule has 0 saturated heterocycles. The zero-order valence-electron chi connectivity index (χ0n) is 16.5. The van der Waals surface area contributed by atoms with Gasteiger partial charge in [-0.2, -0.15) is 0 Å². The number of aromatic nitrogens is 1. The van der Waals surface area contributed by atoms with Crippen LogP contribution in [0.3, 0.4) is 0 Å². The number of rotatable bonds is 4. The van der Waals surface area contributed by atoms with Crippen molar-refractivity contribution in [2.75, 3.05) is 11.5 Å². The van der Waals surface area contributed by atoms with Crippen LogP contribution in [-0.4, -0.2) is 17.5 Å². The molecular formula is C24H17BrN2O4. The Morgan fingerprint density at radius 2 is 1.97 bits per heavy atom. The van der Waals surface area contributed by atoms with Crippen molar-refractivity contribution in [1.82, 2.24) is 4.98 Å². The van der Waals surface area contributed by atoms with Crippen LogP contribution in [0.4, 0.5) is 5.82 Å². The van der Waals surface area contributed by atoms with Crippen molar-refractivity contribution in [1.29, 1.82) is 0 Å². The Hall–Kier alpha value is -3.45. The Balaban J connectivity index is 1.80. The molecule has 2 aromatic heterocycles. The number of hydrogen-bond acceptors (Lipinski definition) is 5. The highest BCUT2D eigenvalue weighted by Gasteiger charge is 2.44. The molecule has 31 heavy (non-hydrogen) atoms. The molecule has 0 saturated carbocycles. The molecule has 0 N–H and O–H groups in total. The molecule has 0 bridgehead atoms. The summed E-state index contributed by atoms with van der Waals surface area (Å²) in [6.07, 6.45) is 1.61. The first kappa shape index (κ1) is 19.5. The van der Waals surface area contributed by atoms with E-state index in [1.165, 1.54) is 4.90 Å². The number of halogens is 1. The maximum absolute atomic E-state index is 13.6. The van der Waals surface area contributed by atoms with Crippen LogP contribution >= 0.6 is 15.9 Å². The SMILES string of the molecule is CCOc1cccc(C2c3c(oc4ccc(Br)cc4c3=O)C(=O)N2c2ccccn2)c1. The van der Waals surface area contributed by atoms with Gasteiger partial charge < -0.3 is 9.15 Å². The van der Waals surface area contributed by atoms with Crippen molar-refractivity contribution < 1.29 is 13.9 Å². The Kier molecular flexibility index (Phi) is 4.82. The van der Waals surface area contributed by atoms with Crippen LogP contribution in [0.5, 0.6) is 5.75 Å². The lowest BCUT2D eigenvalue weighted by Gasteiger charge is -2.24. The van der Waals surface area contributed by atoms with E-state index in [0.717, 1.165) is 10.0 Å². The molecule has 3 heterocycles. The maximum atomic E-state index is 13.6. The molecule has 1 unspecified atom stereocenters. The molecule has 6 nitrogen and oxygen atoms in total. The van der Waals surface area contributed by atoms with Crippen LogP contribution in [0.1, 0.15) is 34.6 Å². The lowest BCUT2D eigenvalue weighted by Crippen LogP contribution is -2.30. The topological polar surface area (TPSA) is 72.6 Å². The highest BCUT2D eigenvalue weighted by atomic mass is 79.9. The average Bonchev–Trinajstić information content (AvgIpc) is 3.08. The molecule has 4 aromatic rings. The average molecular weight is 477 g/mol.